The molecule has 8 heteroatoms. The van der Waals surface area contributed by atoms with E-state index in [-0.39, 0.29) is 18.0 Å². The molecule has 162 valence electrons. The van der Waals surface area contributed by atoms with Crippen molar-refractivity contribution in [3.05, 3.63) is 65.7 Å². The molecule has 3 heterocycles. The summed E-state index contributed by atoms with van der Waals surface area (Å²) in [6.45, 7) is 6.22. The molecule has 4 N–H and O–H groups in total. The highest BCUT2D eigenvalue weighted by Gasteiger charge is 2.37. The zero-order valence-corrected chi connectivity index (χ0v) is 17.6. The molecule has 8 nitrogen and oxygen atoms in total. The first-order chi connectivity index (χ1) is 15.3. The molecule has 5 rings (SSSR count). The number of fused-ring (bicyclic) bond motifs is 1. The Kier molecular flexibility index (Phi) is 5.84. The number of rotatable bonds is 5. The Hall–Kier alpha value is -2.94. The summed E-state index contributed by atoms with van der Waals surface area (Å²) in [5.74, 6) is 0.430. The predicted octanol–water partition coefficient (Wildman–Crippen LogP) is 0.634. The first-order valence-corrected chi connectivity index (χ1v) is 11.0. The minimum Gasteiger partial charge on any atom is -0.369 e. The molecule has 0 bridgehead atoms. The summed E-state index contributed by atoms with van der Waals surface area (Å²) in [5.41, 5.74) is 9.89. The molecule has 2 aromatic rings. The van der Waals surface area contributed by atoms with Crippen LogP contribution in [0.3, 0.4) is 0 Å². The Labute approximate surface area is 182 Å². The van der Waals surface area contributed by atoms with Gasteiger partial charge >= 0.3 is 0 Å². The molecule has 3 aliphatic rings. The van der Waals surface area contributed by atoms with Gasteiger partial charge in [-0.2, -0.15) is 0 Å². The van der Waals surface area contributed by atoms with Crippen molar-refractivity contribution in [2.75, 3.05) is 37.6 Å². The van der Waals surface area contributed by atoms with Gasteiger partial charge < -0.3 is 10.2 Å². The average Bonchev–Trinajstić information content (AvgIpc) is 3.29. The van der Waals surface area contributed by atoms with E-state index in [1.54, 1.807) is 0 Å². The zero-order chi connectivity index (χ0) is 21.0. The van der Waals surface area contributed by atoms with Crippen LogP contribution >= 0.6 is 0 Å². The molecule has 0 aliphatic carbocycles. The summed E-state index contributed by atoms with van der Waals surface area (Å²) < 4.78 is 0. The van der Waals surface area contributed by atoms with Gasteiger partial charge in [-0.1, -0.05) is 42.5 Å². The van der Waals surface area contributed by atoms with E-state index in [1.807, 2.05) is 0 Å². The highest BCUT2D eigenvalue weighted by molar-refractivity contribution is 6.01. The van der Waals surface area contributed by atoms with Crippen LogP contribution in [-0.2, 0) is 17.9 Å². The highest BCUT2D eigenvalue weighted by Crippen LogP contribution is 2.19. The van der Waals surface area contributed by atoms with Crippen molar-refractivity contribution in [1.29, 1.82) is 0 Å². The van der Waals surface area contributed by atoms with Crippen molar-refractivity contribution in [2.24, 2.45) is 10.9 Å². The van der Waals surface area contributed by atoms with Gasteiger partial charge in [0, 0.05) is 45.0 Å². The van der Waals surface area contributed by atoms with Crippen molar-refractivity contribution < 1.29 is 4.79 Å². The molecule has 31 heavy (non-hydrogen) atoms. The number of piperazine rings is 1. The minimum absolute atomic E-state index is 0.00423. The van der Waals surface area contributed by atoms with E-state index in [4.69, 9.17) is 0 Å². The molecule has 0 spiro atoms. The highest BCUT2D eigenvalue weighted by atomic mass is 16.2. The van der Waals surface area contributed by atoms with E-state index in [0.29, 0.717) is 19.0 Å². The molecular weight excluding hydrogens is 390 g/mol. The van der Waals surface area contributed by atoms with Crippen LogP contribution in [0.5, 0.6) is 0 Å². The predicted molar refractivity (Wildman–Crippen MR) is 121 cm³/mol. The van der Waals surface area contributed by atoms with E-state index < -0.39 is 0 Å². The Morgan fingerprint density at radius 3 is 2.48 bits per heavy atom. The molecule has 2 aromatic carbocycles. The van der Waals surface area contributed by atoms with Gasteiger partial charge in [-0.3, -0.25) is 20.4 Å². The van der Waals surface area contributed by atoms with Crippen LogP contribution in [0, 0.1) is 5.92 Å². The average molecular weight is 420 g/mol. The Morgan fingerprint density at radius 2 is 1.68 bits per heavy atom. The lowest BCUT2D eigenvalue weighted by Crippen LogP contribution is -2.61. The second kappa shape index (κ2) is 9.05. The number of hydrogen-bond acceptors (Lipinski definition) is 6. The van der Waals surface area contributed by atoms with Gasteiger partial charge in [0.2, 0.25) is 5.91 Å². The zero-order valence-electron chi connectivity index (χ0n) is 17.6. The third-order valence-corrected chi connectivity index (χ3v) is 6.27. The van der Waals surface area contributed by atoms with E-state index in [0.717, 1.165) is 32.7 Å². The Bertz CT molecular complexity index is 940. The van der Waals surface area contributed by atoms with E-state index in [2.05, 4.69) is 90.9 Å². The number of benzene rings is 2. The number of para-hydroxylation sites is 1. The number of amides is 1. The molecule has 3 saturated heterocycles. The van der Waals surface area contributed by atoms with Crippen molar-refractivity contribution in [2.45, 2.75) is 19.3 Å². The first kappa shape index (κ1) is 20.0. The van der Waals surface area contributed by atoms with E-state index in [1.165, 1.54) is 16.8 Å². The molecular formula is C23H29N7O. The second-order valence-electron chi connectivity index (χ2n) is 8.28. The number of carbonyl (C=O) groups excluding carboxylic acids is 1. The van der Waals surface area contributed by atoms with Crippen LogP contribution in [0.25, 0.3) is 0 Å². The SMILES string of the molecule is O=C1NC(=NCc2ccccc2CN2CCN(c3ccccc3)CC2)NC2NNCC12. The molecule has 0 saturated carbocycles. The minimum atomic E-state index is -0.110. The van der Waals surface area contributed by atoms with Gasteiger partial charge in [0.05, 0.1) is 12.5 Å². The van der Waals surface area contributed by atoms with Gasteiger partial charge in [0.15, 0.2) is 5.96 Å². The topological polar surface area (TPSA) is 84.0 Å². The van der Waals surface area contributed by atoms with Gasteiger partial charge in [-0.05, 0) is 23.3 Å². The number of aliphatic imine (C=N–C) groups is 1. The van der Waals surface area contributed by atoms with Gasteiger partial charge in [-0.25, -0.2) is 10.4 Å². The lowest BCUT2D eigenvalue weighted by Gasteiger charge is -2.36. The first-order valence-electron chi connectivity index (χ1n) is 11.0. The fourth-order valence-electron chi connectivity index (χ4n) is 4.43. The van der Waals surface area contributed by atoms with Crippen molar-refractivity contribution >= 4 is 17.6 Å². The summed E-state index contributed by atoms with van der Waals surface area (Å²) in [6, 6.07) is 19.1. The van der Waals surface area contributed by atoms with E-state index >= 15 is 0 Å². The maximum absolute atomic E-state index is 12.2. The second-order valence-corrected chi connectivity index (χ2v) is 8.28. The maximum atomic E-state index is 12.2. The van der Waals surface area contributed by atoms with Gasteiger partial charge in [0.1, 0.15) is 6.17 Å². The molecule has 1 amide bonds. The number of nitrogens with zero attached hydrogens (tertiary/aromatic N) is 3. The quantitative estimate of drug-likeness (QED) is 0.569. The number of hydrogen-bond donors (Lipinski definition) is 4. The summed E-state index contributed by atoms with van der Waals surface area (Å²) >= 11 is 0. The van der Waals surface area contributed by atoms with Gasteiger partial charge in [-0.15, -0.1) is 0 Å². The van der Waals surface area contributed by atoms with Crippen molar-refractivity contribution in [3.8, 4) is 0 Å². The molecule has 0 aromatic heterocycles. The standard InChI is InChI=1S/C23H29N7O/c31-22-20-15-25-28-21(20)26-23(27-22)24-14-17-6-4-5-7-18(17)16-29-10-12-30(13-11-29)19-8-2-1-3-9-19/h1-9,20-21,25,28H,10-16H2,(H2,24,26,27,31). The maximum Gasteiger partial charge on any atom is 0.234 e. The summed E-state index contributed by atoms with van der Waals surface area (Å²) in [7, 11) is 0. The Morgan fingerprint density at radius 1 is 0.935 bits per heavy atom. The number of guanidine groups is 1. The Balaban J connectivity index is 1.20. The summed E-state index contributed by atoms with van der Waals surface area (Å²) in [4.78, 5) is 21.8. The normalized spacial score (nSPS) is 25.2. The number of carbonyl (C=O) groups is 1. The lowest BCUT2D eigenvalue weighted by molar-refractivity contribution is -0.124. The van der Waals surface area contributed by atoms with Crippen LogP contribution in [0.15, 0.2) is 59.6 Å². The number of hydrazine groups is 1. The molecule has 2 unspecified atom stereocenters. The van der Waals surface area contributed by atoms with Gasteiger partial charge in [0.25, 0.3) is 0 Å². The number of anilines is 1. The largest absolute Gasteiger partial charge is 0.369 e. The van der Waals surface area contributed by atoms with Crippen molar-refractivity contribution in [1.82, 2.24) is 26.4 Å². The van der Waals surface area contributed by atoms with Crippen LogP contribution in [0.1, 0.15) is 11.1 Å². The van der Waals surface area contributed by atoms with Crippen LogP contribution < -0.4 is 26.4 Å². The summed E-state index contributed by atoms with van der Waals surface area (Å²) in [5, 5.41) is 6.15. The van der Waals surface area contributed by atoms with E-state index in [9.17, 15) is 4.79 Å². The number of nitrogens with one attached hydrogen (secondary N) is 4. The molecule has 3 aliphatic heterocycles. The van der Waals surface area contributed by atoms with Crippen LogP contribution in [0.2, 0.25) is 0 Å². The monoisotopic (exact) mass is 419 g/mol. The smallest absolute Gasteiger partial charge is 0.234 e. The lowest BCUT2D eigenvalue weighted by atomic mass is 10.1. The third-order valence-electron chi connectivity index (χ3n) is 6.27. The third kappa shape index (κ3) is 4.56. The van der Waals surface area contributed by atoms with Crippen LogP contribution in [-0.4, -0.2) is 55.7 Å². The molecule has 0 radical (unpaired) electrons. The fourth-order valence-corrected chi connectivity index (χ4v) is 4.43. The fraction of sp³-hybridized carbons (Fsp3) is 0.391. The van der Waals surface area contributed by atoms with Crippen LogP contribution in [0.4, 0.5) is 5.69 Å². The van der Waals surface area contributed by atoms with Crippen molar-refractivity contribution in [3.63, 3.8) is 0 Å². The molecule has 2 atom stereocenters. The molecule has 3 fully saturated rings. The summed E-state index contributed by atoms with van der Waals surface area (Å²) in [6.07, 6.45) is -0.108.